The average molecular weight is 513 g/mol. The number of nitrogens with one attached hydrogen (secondary N) is 1. The maximum Gasteiger partial charge on any atom is 0.352 e. The Labute approximate surface area is 197 Å². The van der Waals surface area contributed by atoms with Gasteiger partial charge in [-0.2, -0.15) is 0 Å². The van der Waals surface area contributed by atoms with Gasteiger partial charge in [-0.3, -0.25) is 14.5 Å². The van der Waals surface area contributed by atoms with Crippen LogP contribution in [0.3, 0.4) is 0 Å². The molecule has 2 aliphatic rings. The maximum absolute atomic E-state index is 12.7. The van der Waals surface area contributed by atoms with Crippen LogP contribution in [-0.4, -0.2) is 65.8 Å². The van der Waals surface area contributed by atoms with Crippen molar-refractivity contribution in [2.24, 2.45) is 5.16 Å². The predicted molar refractivity (Wildman–Crippen MR) is 121 cm³/mol. The van der Waals surface area contributed by atoms with Gasteiger partial charge in [0, 0.05) is 11.1 Å². The first-order chi connectivity index (χ1) is 15.3. The molecule has 11 nitrogen and oxygen atoms in total. The van der Waals surface area contributed by atoms with Crippen LogP contribution in [0.15, 0.2) is 33.4 Å². The fourth-order valence-corrected chi connectivity index (χ4v) is 5.85. The van der Waals surface area contributed by atoms with Gasteiger partial charge in [-0.15, -0.1) is 34.4 Å². The third kappa shape index (κ3) is 3.97. The average Bonchev–Trinajstić information content (AvgIpc) is 3.37. The van der Waals surface area contributed by atoms with Crippen LogP contribution in [0.2, 0.25) is 5.15 Å². The number of hydrogen-bond donors (Lipinski definition) is 4. The summed E-state index contributed by atoms with van der Waals surface area (Å²) in [7, 11) is 0. The first-order valence-corrected chi connectivity index (χ1v) is 11.9. The Morgan fingerprint density at radius 2 is 2.16 bits per heavy atom. The van der Waals surface area contributed by atoms with E-state index in [0.717, 1.165) is 16.2 Å². The number of carboxylic acid groups (broad SMARTS) is 1. The number of nitrogens with two attached hydrogens (primary N) is 1. The van der Waals surface area contributed by atoms with Crippen LogP contribution < -0.4 is 11.1 Å². The number of carboxylic acids is 1. The van der Waals surface area contributed by atoms with Gasteiger partial charge >= 0.3 is 5.97 Å². The van der Waals surface area contributed by atoms with Crippen LogP contribution in [0.25, 0.3) is 6.08 Å². The molecule has 166 valence electrons. The largest absolute Gasteiger partial charge is 0.477 e. The van der Waals surface area contributed by atoms with Gasteiger partial charge in [0.15, 0.2) is 10.8 Å². The second kappa shape index (κ2) is 8.90. The number of halogens is 1. The van der Waals surface area contributed by atoms with Crippen LogP contribution in [0, 0.1) is 0 Å². The molecule has 2 atom stereocenters. The van der Waals surface area contributed by atoms with E-state index in [9.17, 15) is 24.7 Å². The Morgan fingerprint density at radius 3 is 2.75 bits per heavy atom. The number of anilines is 1. The zero-order valence-electron chi connectivity index (χ0n) is 15.8. The molecule has 0 radical (unpaired) electrons. The molecule has 2 aromatic rings. The third-order valence-electron chi connectivity index (χ3n) is 4.55. The molecule has 4 heterocycles. The minimum Gasteiger partial charge on any atom is -0.477 e. The van der Waals surface area contributed by atoms with E-state index in [1.54, 1.807) is 17.7 Å². The number of carbonyl (C=O) groups is 3. The second-order valence-corrected chi connectivity index (χ2v) is 9.64. The summed E-state index contributed by atoms with van der Waals surface area (Å²) in [6, 6.07) is -0.990. The highest BCUT2D eigenvalue weighted by atomic mass is 35.5. The standard InChI is InChI=1S/C17H13ClN6O5S3/c18-12-8(32-5-20-12)2-1-6-3-30-15-10(14(26)24(15)11(6)16(27)28)22-13(25)9(23-29)7-4-31-17(19)21-7/h1-2,4-5,10,15,29H,3H2,(H2,19,21)(H,22,25)(H,27,28)/t10?,15-/m1/s1. The number of oxime groups is 1. The summed E-state index contributed by atoms with van der Waals surface area (Å²) in [5.41, 5.74) is 7.03. The minimum atomic E-state index is -1.26. The summed E-state index contributed by atoms with van der Waals surface area (Å²) in [6.45, 7) is 0. The lowest BCUT2D eigenvalue weighted by molar-refractivity contribution is -0.150. The van der Waals surface area contributed by atoms with E-state index in [2.05, 4.69) is 20.4 Å². The van der Waals surface area contributed by atoms with Gasteiger partial charge in [0.05, 0.1) is 10.4 Å². The lowest BCUT2D eigenvalue weighted by Crippen LogP contribution is -2.71. The third-order valence-corrected chi connectivity index (χ3v) is 7.74. The summed E-state index contributed by atoms with van der Waals surface area (Å²) in [6.07, 6.45) is 3.24. The number of β-lactam (4-membered cyclic amide) rings is 1. The number of rotatable bonds is 6. The number of amides is 2. The molecular formula is C17H13ClN6O5S3. The van der Waals surface area contributed by atoms with Gasteiger partial charge in [-0.25, -0.2) is 14.8 Å². The van der Waals surface area contributed by atoms with E-state index in [0.29, 0.717) is 21.4 Å². The van der Waals surface area contributed by atoms with E-state index in [1.165, 1.54) is 28.5 Å². The Kier molecular flexibility index (Phi) is 6.19. The number of nitrogen functional groups attached to an aromatic ring is 1. The van der Waals surface area contributed by atoms with Crippen molar-refractivity contribution in [3.05, 3.63) is 44.0 Å². The molecule has 32 heavy (non-hydrogen) atoms. The molecule has 1 saturated heterocycles. The van der Waals surface area contributed by atoms with E-state index >= 15 is 0 Å². The highest BCUT2D eigenvalue weighted by Gasteiger charge is 2.54. The van der Waals surface area contributed by atoms with Crippen LogP contribution in [0.4, 0.5) is 5.13 Å². The normalized spacial score (nSPS) is 21.0. The number of thiazole rings is 2. The number of fused-ring (bicyclic) bond motifs is 1. The van der Waals surface area contributed by atoms with Crippen molar-refractivity contribution in [1.82, 2.24) is 20.2 Å². The Balaban J connectivity index is 1.53. The summed E-state index contributed by atoms with van der Waals surface area (Å²) >= 11 is 9.61. The number of thioether (sulfide) groups is 1. The molecule has 15 heteroatoms. The predicted octanol–water partition coefficient (Wildman–Crippen LogP) is 1.47. The molecule has 1 unspecified atom stereocenters. The second-order valence-electron chi connectivity index (χ2n) is 6.40. The highest BCUT2D eigenvalue weighted by molar-refractivity contribution is 8.00. The van der Waals surface area contributed by atoms with Crippen LogP contribution >= 0.6 is 46.0 Å². The lowest BCUT2D eigenvalue weighted by Gasteiger charge is -2.49. The smallest absolute Gasteiger partial charge is 0.352 e. The lowest BCUT2D eigenvalue weighted by atomic mass is 10.0. The number of carbonyl (C=O) groups excluding carboxylic acids is 2. The van der Waals surface area contributed by atoms with Crippen molar-refractivity contribution in [2.45, 2.75) is 11.4 Å². The van der Waals surface area contributed by atoms with Crippen molar-refractivity contribution in [3.8, 4) is 0 Å². The Morgan fingerprint density at radius 1 is 1.38 bits per heavy atom. The molecule has 1 fully saturated rings. The van der Waals surface area contributed by atoms with Crippen molar-refractivity contribution < 1.29 is 24.7 Å². The van der Waals surface area contributed by atoms with Crippen molar-refractivity contribution in [2.75, 3.05) is 11.5 Å². The molecule has 2 amide bonds. The fraction of sp³-hybridized carbons (Fsp3) is 0.176. The first-order valence-electron chi connectivity index (χ1n) is 8.74. The van der Waals surface area contributed by atoms with Crippen LogP contribution in [0.1, 0.15) is 10.6 Å². The van der Waals surface area contributed by atoms with E-state index < -0.39 is 34.9 Å². The summed E-state index contributed by atoms with van der Waals surface area (Å²) in [5, 5.41) is 25.7. The molecule has 0 bridgehead atoms. The van der Waals surface area contributed by atoms with E-state index in [-0.39, 0.29) is 16.5 Å². The zero-order chi connectivity index (χ0) is 23.0. The molecule has 4 rings (SSSR count). The molecule has 2 aliphatic heterocycles. The van der Waals surface area contributed by atoms with E-state index in [4.69, 9.17) is 17.3 Å². The van der Waals surface area contributed by atoms with Crippen LogP contribution in [0.5, 0.6) is 0 Å². The topological polar surface area (TPSA) is 171 Å². The quantitative estimate of drug-likeness (QED) is 0.193. The van der Waals surface area contributed by atoms with Crippen molar-refractivity contribution >= 4 is 80.7 Å². The molecule has 0 aliphatic carbocycles. The Bertz CT molecular complexity index is 1200. The molecule has 0 saturated carbocycles. The number of nitrogens with zero attached hydrogens (tertiary/aromatic N) is 4. The number of hydrogen-bond acceptors (Lipinski definition) is 11. The highest BCUT2D eigenvalue weighted by Crippen LogP contribution is 2.41. The fourth-order valence-electron chi connectivity index (χ4n) is 3.12. The number of aliphatic carboxylic acids is 1. The van der Waals surface area contributed by atoms with Gasteiger partial charge in [-0.1, -0.05) is 22.8 Å². The van der Waals surface area contributed by atoms with Gasteiger partial charge < -0.3 is 21.4 Å². The summed E-state index contributed by atoms with van der Waals surface area (Å²) in [5.74, 6) is -2.40. The maximum atomic E-state index is 12.7. The van der Waals surface area contributed by atoms with Gasteiger partial charge in [-0.05, 0) is 11.6 Å². The first kappa shape index (κ1) is 22.3. The summed E-state index contributed by atoms with van der Waals surface area (Å²) in [4.78, 5) is 46.8. The monoisotopic (exact) mass is 512 g/mol. The number of aromatic nitrogens is 2. The SMILES string of the molecule is Nc1nc(C(=NO)C(=O)NC2C(=O)N3C(C(=O)O)=C(C=Cc4scnc4Cl)CS[C@H]23)cs1. The minimum absolute atomic E-state index is 0.0627. The summed E-state index contributed by atoms with van der Waals surface area (Å²) < 4.78 is 0. The van der Waals surface area contributed by atoms with Crippen LogP contribution in [-0.2, 0) is 14.4 Å². The van der Waals surface area contributed by atoms with Crippen molar-refractivity contribution in [3.63, 3.8) is 0 Å². The molecule has 5 N–H and O–H groups in total. The van der Waals surface area contributed by atoms with Crippen molar-refractivity contribution in [1.29, 1.82) is 0 Å². The van der Waals surface area contributed by atoms with Gasteiger partial charge in [0.25, 0.3) is 11.8 Å². The van der Waals surface area contributed by atoms with E-state index in [1.807, 2.05) is 0 Å². The molecule has 0 spiro atoms. The zero-order valence-corrected chi connectivity index (χ0v) is 19.0. The Hall–Kier alpha value is -2.94. The molecule has 2 aromatic heterocycles. The number of allylic oxidation sites excluding steroid dienone is 1. The molecule has 0 aromatic carbocycles. The van der Waals surface area contributed by atoms with Gasteiger partial charge in [0.1, 0.15) is 28.0 Å². The molecular weight excluding hydrogens is 500 g/mol. The van der Waals surface area contributed by atoms with Gasteiger partial charge in [0.2, 0.25) is 0 Å².